The summed E-state index contributed by atoms with van der Waals surface area (Å²) in [6, 6.07) is 31.8. The molecule has 11 heteroatoms. The Labute approximate surface area is 300 Å². The fraction of sp³-hybridized carbons (Fsp3) is 0.256. The molecule has 50 heavy (non-hydrogen) atoms. The molecular weight excluding hydrogens is 671 g/mol. The second-order valence-corrected chi connectivity index (χ2v) is 14.4. The smallest absolute Gasteiger partial charge is 0.347 e. The highest BCUT2D eigenvalue weighted by molar-refractivity contribution is 8.00. The van der Waals surface area contributed by atoms with Crippen molar-refractivity contribution in [3.63, 3.8) is 0 Å². The van der Waals surface area contributed by atoms with E-state index in [2.05, 4.69) is 10.5 Å². The molecule has 256 valence electrons. The van der Waals surface area contributed by atoms with Gasteiger partial charge in [-0.05, 0) is 73.5 Å². The first kappa shape index (κ1) is 34.8. The summed E-state index contributed by atoms with van der Waals surface area (Å²) >= 11 is 7.40. The van der Waals surface area contributed by atoms with Gasteiger partial charge in [-0.15, -0.1) is 11.8 Å². The molecule has 1 N–H and O–H groups in total. The second-order valence-electron chi connectivity index (χ2n) is 13.0. The lowest BCUT2D eigenvalue weighted by atomic mass is 10.0. The maximum absolute atomic E-state index is 13.9. The number of hydrogen-bond donors (Lipinski definition) is 1. The molecule has 0 aliphatic carbocycles. The summed E-state index contributed by atoms with van der Waals surface area (Å²) in [6.07, 6.45) is -0.480. The molecule has 2 aliphatic heterocycles. The van der Waals surface area contributed by atoms with Gasteiger partial charge in [-0.1, -0.05) is 102 Å². The Bertz CT molecular complexity index is 1950. The number of oxime groups is 1. The number of esters is 1. The number of thioether (sulfide) groups is 1. The number of hydrogen-bond acceptors (Lipinski definition) is 9. The molecule has 0 aromatic heterocycles. The van der Waals surface area contributed by atoms with E-state index in [0.29, 0.717) is 17.0 Å². The molecule has 0 saturated carbocycles. The van der Waals surface area contributed by atoms with Crippen LogP contribution in [0.25, 0.3) is 10.8 Å². The average Bonchev–Trinajstić information content (AvgIpc) is 3.11. The molecule has 1 unspecified atom stereocenters. The zero-order chi connectivity index (χ0) is 35.4. The third-order valence-corrected chi connectivity index (χ3v) is 9.78. The van der Waals surface area contributed by atoms with E-state index >= 15 is 0 Å². The molecule has 2 aliphatic rings. The van der Waals surface area contributed by atoms with Crippen LogP contribution in [0.1, 0.15) is 50.5 Å². The van der Waals surface area contributed by atoms with Crippen LogP contribution in [0.15, 0.2) is 120 Å². The molecule has 2 heterocycles. The van der Waals surface area contributed by atoms with Crippen LogP contribution in [-0.4, -0.2) is 62.8 Å². The predicted molar refractivity (Wildman–Crippen MR) is 198 cm³/mol. The van der Waals surface area contributed by atoms with Gasteiger partial charge < -0.3 is 19.6 Å². The highest BCUT2D eigenvalue weighted by Gasteiger charge is 2.53. The Morgan fingerprint density at radius 3 is 2.20 bits per heavy atom. The fourth-order valence-electron chi connectivity index (χ4n) is 5.80. The SMILES string of the molecule is CC1=C(C(=S)OC(c2ccccc2)c2ccccc2)N2C(=O)C(NC(=O)C(=NOCC(=O)OC(C)(C)C)c3ccc4ccccc4c3)[C@H]2SC1. The lowest BCUT2D eigenvalue weighted by Gasteiger charge is -2.50. The van der Waals surface area contributed by atoms with E-state index in [-0.39, 0.29) is 16.7 Å². The van der Waals surface area contributed by atoms with Crippen LogP contribution in [0.5, 0.6) is 0 Å². The molecule has 0 radical (unpaired) electrons. The van der Waals surface area contributed by atoms with Gasteiger partial charge in [0.2, 0.25) is 11.7 Å². The maximum atomic E-state index is 13.9. The number of amides is 2. The van der Waals surface area contributed by atoms with E-state index in [1.807, 2.05) is 104 Å². The Morgan fingerprint density at radius 1 is 0.940 bits per heavy atom. The number of ether oxygens (including phenoxy) is 2. The summed E-state index contributed by atoms with van der Waals surface area (Å²) in [5, 5.41) is 8.60. The molecule has 1 saturated heterocycles. The molecule has 2 amide bonds. The average molecular weight is 708 g/mol. The lowest BCUT2D eigenvalue weighted by molar-refractivity contribution is -0.160. The van der Waals surface area contributed by atoms with Crippen molar-refractivity contribution >= 4 is 63.3 Å². The summed E-state index contributed by atoms with van der Waals surface area (Å²) in [5.41, 5.74) is 2.98. The molecular formula is C39H37N3O6S2. The monoisotopic (exact) mass is 707 g/mol. The van der Waals surface area contributed by atoms with Crippen molar-refractivity contribution in [1.29, 1.82) is 0 Å². The summed E-state index contributed by atoms with van der Waals surface area (Å²) in [7, 11) is 0. The van der Waals surface area contributed by atoms with Crippen molar-refractivity contribution in [2.45, 2.75) is 50.8 Å². The molecule has 4 aromatic rings. The van der Waals surface area contributed by atoms with Gasteiger partial charge in [0.05, 0.1) is 5.70 Å². The number of nitrogens with one attached hydrogen (secondary N) is 1. The number of rotatable bonds is 10. The molecule has 9 nitrogen and oxygen atoms in total. The predicted octanol–water partition coefficient (Wildman–Crippen LogP) is 6.71. The molecule has 6 rings (SSSR count). The standard InChI is InChI=1S/C39H37N3O6S2/c1-24-23-50-37-32(36(45)42(37)33(24)38(49)47-34(26-14-7-5-8-15-26)27-16-9-6-10-17-27)40-35(44)31(41-46-22-30(43)48-39(2,3)4)29-20-19-25-13-11-12-18-28(25)21-29/h5-21,32,34,37H,22-23H2,1-4H3,(H,40,44)/t32?,37-/m1/s1. The van der Waals surface area contributed by atoms with Crippen LogP contribution in [0, 0.1) is 0 Å². The summed E-state index contributed by atoms with van der Waals surface area (Å²) in [5.74, 6) is -0.981. The number of benzene rings is 4. The quantitative estimate of drug-likeness (QED) is 0.0638. The van der Waals surface area contributed by atoms with Gasteiger partial charge in [0, 0.05) is 11.3 Å². The first-order valence-corrected chi connectivity index (χ1v) is 17.6. The van der Waals surface area contributed by atoms with Crippen LogP contribution < -0.4 is 5.32 Å². The summed E-state index contributed by atoms with van der Waals surface area (Å²) in [4.78, 5) is 46.9. The minimum absolute atomic E-state index is 0.0780. The van der Waals surface area contributed by atoms with Gasteiger partial charge in [0.1, 0.15) is 23.1 Å². The van der Waals surface area contributed by atoms with Crippen LogP contribution in [0.3, 0.4) is 0 Å². The largest absolute Gasteiger partial charge is 0.469 e. The first-order chi connectivity index (χ1) is 24.0. The van der Waals surface area contributed by atoms with Gasteiger partial charge in [-0.25, -0.2) is 4.79 Å². The Kier molecular flexibility index (Phi) is 10.4. The molecule has 2 atom stereocenters. The van der Waals surface area contributed by atoms with Crippen molar-refractivity contribution in [3.8, 4) is 0 Å². The zero-order valence-electron chi connectivity index (χ0n) is 28.1. The number of β-lactam (4-membered cyclic amide) rings is 1. The molecule has 1 fully saturated rings. The normalized spacial score (nSPS) is 17.6. The Hall–Kier alpha value is -5.00. The van der Waals surface area contributed by atoms with E-state index in [9.17, 15) is 14.4 Å². The van der Waals surface area contributed by atoms with Gasteiger partial charge in [0.25, 0.3) is 11.8 Å². The topological polar surface area (TPSA) is 107 Å². The minimum atomic E-state index is -0.853. The van der Waals surface area contributed by atoms with E-state index < -0.39 is 41.6 Å². The van der Waals surface area contributed by atoms with Gasteiger partial charge >= 0.3 is 5.97 Å². The van der Waals surface area contributed by atoms with Gasteiger partial charge in [-0.3, -0.25) is 14.5 Å². The number of fused-ring (bicyclic) bond motifs is 2. The van der Waals surface area contributed by atoms with Crippen LogP contribution in [0.2, 0.25) is 0 Å². The van der Waals surface area contributed by atoms with Crippen molar-refractivity contribution in [3.05, 3.63) is 131 Å². The maximum Gasteiger partial charge on any atom is 0.347 e. The Morgan fingerprint density at radius 2 is 1.56 bits per heavy atom. The van der Waals surface area contributed by atoms with Crippen molar-refractivity contribution in [2.24, 2.45) is 5.16 Å². The fourth-order valence-corrected chi connectivity index (χ4v) is 7.46. The number of carbonyl (C=O) groups excluding carboxylic acids is 3. The molecule has 4 aromatic carbocycles. The number of thiocarbonyl (C=S) groups is 1. The highest BCUT2D eigenvalue weighted by atomic mass is 32.2. The van der Waals surface area contributed by atoms with Crippen molar-refractivity contribution < 1.29 is 28.7 Å². The van der Waals surface area contributed by atoms with E-state index in [0.717, 1.165) is 27.5 Å². The van der Waals surface area contributed by atoms with E-state index in [1.54, 1.807) is 31.7 Å². The van der Waals surface area contributed by atoms with Gasteiger partial charge in [0.15, 0.2) is 5.71 Å². The highest BCUT2D eigenvalue weighted by Crippen LogP contribution is 2.42. The number of nitrogens with zero attached hydrogens (tertiary/aromatic N) is 2. The van der Waals surface area contributed by atoms with Crippen LogP contribution >= 0.6 is 24.0 Å². The second kappa shape index (κ2) is 14.9. The van der Waals surface area contributed by atoms with Crippen molar-refractivity contribution in [2.75, 3.05) is 12.4 Å². The minimum Gasteiger partial charge on any atom is -0.469 e. The zero-order valence-corrected chi connectivity index (χ0v) is 29.8. The third kappa shape index (κ3) is 7.74. The summed E-state index contributed by atoms with van der Waals surface area (Å²) in [6.45, 7) is 6.68. The first-order valence-electron chi connectivity index (χ1n) is 16.2. The van der Waals surface area contributed by atoms with E-state index in [4.69, 9.17) is 26.5 Å². The Balaban J connectivity index is 1.21. The van der Waals surface area contributed by atoms with Crippen LogP contribution in [-0.2, 0) is 28.7 Å². The van der Waals surface area contributed by atoms with Crippen LogP contribution in [0.4, 0.5) is 0 Å². The molecule has 0 bridgehead atoms. The lowest BCUT2D eigenvalue weighted by Crippen LogP contribution is -2.71. The third-order valence-electron chi connectivity index (χ3n) is 8.06. The van der Waals surface area contributed by atoms with Crippen molar-refractivity contribution in [1.82, 2.24) is 10.2 Å². The van der Waals surface area contributed by atoms with Gasteiger partial charge in [-0.2, -0.15) is 0 Å². The molecule has 0 spiro atoms. The van der Waals surface area contributed by atoms with E-state index in [1.165, 1.54) is 11.8 Å². The number of carbonyl (C=O) groups is 3. The summed E-state index contributed by atoms with van der Waals surface area (Å²) < 4.78 is 11.8.